The highest BCUT2D eigenvalue weighted by molar-refractivity contribution is 7.80. The van der Waals surface area contributed by atoms with Crippen LogP contribution in [0.1, 0.15) is 48.9 Å². The number of aromatic nitrogens is 2. The van der Waals surface area contributed by atoms with Gasteiger partial charge in [-0.25, -0.2) is 0 Å². The van der Waals surface area contributed by atoms with Gasteiger partial charge in [0.05, 0.1) is 17.8 Å². The van der Waals surface area contributed by atoms with Gasteiger partial charge in [-0.1, -0.05) is 36.4 Å². The number of pyridine rings is 1. The molecular formula is C22H24N4S. The molecule has 1 fully saturated rings. The van der Waals surface area contributed by atoms with E-state index in [2.05, 4.69) is 82.3 Å². The van der Waals surface area contributed by atoms with Crippen molar-refractivity contribution in [3.63, 3.8) is 0 Å². The van der Waals surface area contributed by atoms with Crippen LogP contribution in [0.15, 0.2) is 73.1 Å². The summed E-state index contributed by atoms with van der Waals surface area (Å²) >= 11 is 5.75. The molecule has 1 aromatic carbocycles. The second-order valence-electron chi connectivity index (χ2n) is 7.17. The molecule has 2 unspecified atom stereocenters. The molecule has 0 bridgehead atoms. The maximum absolute atomic E-state index is 5.75. The van der Waals surface area contributed by atoms with Crippen LogP contribution in [0.5, 0.6) is 0 Å². The second kappa shape index (κ2) is 7.53. The first kappa shape index (κ1) is 17.7. The molecule has 1 saturated heterocycles. The minimum atomic E-state index is 0.0230. The lowest BCUT2D eigenvalue weighted by atomic mass is 10.0. The van der Waals surface area contributed by atoms with E-state index >= 15 is 0 Å². The van der Waals surface area contributed by atoms with Crippen molar-refractivity contribution in [3.8, 4) is 0 Å². The lowest BCUT2D eigenvalue weighted by Crippen LogP contribution is -2.30. The molecule has 2 atom stereocenters. The molecule has 2 aromatic heterocycles. The average molecular weight is 377 g/mol. The Morgan fingerprint density at radius 1 is 1.04 bits per heavy atom. The van der Waals surface area contributed by atoms with Crippen LogP contribution in [0.25, 0.3) is 0 Å². The van der Waals surface area contributed by atoms with Gasteiger partial charge in [-0.2, -0.15) is 0 Å². The Kier molecular flexibility index (Phi) is 4.94. The molecular weight excluding hydrogens is 352 g/mol. The van der Waals surface area contributed by atoms with Crippen LogP contribution in [0, 0.1) is 0 Å². The molecule has 4 nitrogen and oxygen atoms in total. The fourth-order valence-corrected chi connectivity index (χ4v) is 4.11. The monoisotopic (exact) mass is 376 g/mol. The van der Waals surface area contributed by atoms with Crippen molar-refractivity contribution in [2.75, 3.05) is 0 Å². The van der Waals surface area contributed by atoms with Crippen molar-refractivity contribution in [2.24, 2.45) is 0 Å². The van der Waals surface area contributed by atoms with E-state index in [9.17, 15) is 0 Å². The lowest BCUT2D eigenvalue weighted by molar-refractivity contribution is 0.293. The number of thiocarbonyl (C=S) groups is 1. The third-order valence-electron chi connectivity index (χ3n) is 5.06. The van der Waals surface area contributed by atoms with Crippen molar-refractivity contribution in [1.82, 2.24) is 19.8 Å². The molecule has 138 valence electrons. The normalized spacial score (nSPS) is 19.5. The molecule has 0 spiro atoms. The SMILES string of the molecule is CC(C)n1cccc1C1C(c2ccccn2)NC(=S)N1Cc1ccccc1. The fraction of sp³-hybridized carbons (Fsp3) is 0.273. The van der Waals surface area contributed by atoms with Gasteiger partial charge in [0.15, 0.2) is 5.11 Å². The molecule has 3 heterocycles. The van der Waals surface area contributed by atoms with E-state index in [0.29, 0.717) is 6.04 Å². The van der Waals surface area contributed by atoms with Crippen LogP contribution in [-0.2, 0) is 6.54 Å². The molecule has 3 aromatic rings. The Bertz CT molecular complexity index is 904. The maximum Gasteiger partial charge on any atom is 0.170 e. The first-order valence-electron chi connectivity index (χ1n) is 9.34. The number of nitrogens with one attached hydrogen (secondary N) is 1. The zero-order chi connectivity index (χ0) is 18.8. The zero-order valence-corrected chi connectivity index (χ0v) is 16.4. The highest BCUT2D eigenvalue weighted by atomic mass is 32.1. The maximum atomic E-state index is 5.75. The highest BCUT2D eigenvalue weighted by Crippen LogP contribution is 2.40. The number of rotatable bonds is 5. The van der Waals surface area contributed by atoms with Crippen molar-refractivity contribution in [2.45, 2.75) is 38.5 Å². The zero-order valence-electron chi connectivity index (χ0n) is 15.6. The number of benzene rings is 1. The van der Waals surface area contributed by atoms with Gasteiger partial charge in [0, 0.05) is 30.7 Å². The van der Waals surface area contributed by atoms with Crippen LogP contribution in [-0.4, -0.2) is 19.6 Å². The molecule has 5 heteroatoms. The predicted molar refractivity (Wildman–Crippen MR) is 112 cm³/mol. The third-order valence-corrected chi connectivity index (χ3v) is 5.42. The van der Waals surface area contributed by atoms with E-state index < -0.39 is 0 Å². The van der Waals surface area contributed by atoms with E-state index in [-0.39, 0.29) is 12.1 Å². The molecule has 0 radical (unpaired) electrons. The van der Waals surface area contributed by atoms with E-state index in [0.717, 1.165) is 17.4 Å². The lowest BCUT2D eigenvalue weighted by Gasteiger charge is -2.30. The van der Waals surface area contributed by atoms with Gasteiger partial charge in [0.25, 0.3) is 0 Å². The Balaban J connectivity index is 1.77. The summed E-state index contributed by atoms with van der Waals surface area (Å²) in [5, 5.41) is 4.30. The van der Waals surface area contributed by atoms with Crippen molar-refractivity contribution < 1.29 is 0 Å². The van der Waals surface area contributed by atoms with E-state index in [1.54, 1.807) is 0 Å². The summed E-state index contributed by atoms with van der Waals surface area (Å²) in [5.74, 6) is 0. The fourth-order valence-electron chi connectivity index (χ4n) is 3.81. The quantitative estimate of drug-likeness (QED) is 0.658. The molecule has 1 aliphatic heterocycles. The summed E-state index contributed by atoms with van der Waals surface area (Å²) in [7, 11) is 0. The van der Waals surface area contributed by atoms with Crippen LogP contribution < -0.4 is 5.32 Å². The average Bonchev–Trinajstić information content (AvgIpc) is 3.28. The van der Waals surface area contributed by atoms with E-state index in [1.165, 1.54) is 11.3 Å². The van der Waals surface area contributed by atoms with Crippen LogP contribution in [0.4, 0.5) is 0 Å². The van der Waals surface area contributed by atoms with Gasteiger partial charge in [-0.3, -0.25) is 4.98 Å². The van der Waals surface area contributed by atoms with E-state index in [1.807, 2.05) is 24.4 Å². The largest absolute Gasteiger partial charge is 0.352 e. The van der Waals surface area contributed by atoms with Gasteiger partial charge in [0.2, 0.25) is 0 Å². The summed E-state index contributed by atoms with van der Waals surface area (Å²) < 4.78 is 2.33. The first-order valence-corrected chi connectivity index (χ1v) is 9.74. The Morgan fingerprint density at radius 2 is 1.81 bits per heavy atom. The molecule has 1 N–H and O–H groups in total. The Morgan fingerprint density at radius 3 is 2.52 bits per heavy atom. The van der Waals surface area contributed by atoms with Crippen LogP contribution >= 0.6 is 12.2 Å². The Labute approximate surface area is 165 Å². The van der Waals surface area contributed by atoms with Crippen molar-refractivity contribution >= 4 is 17.3 Å². The smallest absolute Gasteiger partial charge is 0.170 e. The number of hydrogen-bond donors (Lipinski definition) is 1. The summed E-state index contributed by atoms with van der Waals surface area (Å²) in [4.78, 5) is 6.90. The van der Waals surface area contributed by atoms with Gasteiger partial charge in [0.1, 0.15) is 0 Å². The van der Waals surface area contributed by atoms with Crippen molar-refractivity contribution in [3.05, 3.63) is 90.0 Å². The first-order chi connectivity index (χ1) is 13.1. The van der Waals surface area contributed by atoms with Crippen LogP contribution in [0.3, 0.4) is 0 Å². The van der Waals surface area contributed by atoms with Gasteiger partial charge >= 0.3 is 0 Å². The molecule has 0 aliphatic carbocycles. The molecule has 27 heavy (non-hydrogen) atoms. The van der Waals surface area contributed by atoms with Crippen LogP contribution in [0.2, 0.25) is 0 Å². The van der Waals surface area contributed by atoms with Gasteiger partial charge < -0.3 is 14.8 Å². The third kappa shape index (κ3) is 3.47. The Hall–Kier alpha value is -2.66. The van der Waals surface area contributed by atoms with Crippen molar-refractivity contribution in [1.29, 1.82) is 0 Å². The summed E-state index contributed by atoms with van der Waals surface area (Å²) in [6.07, 6.45) is 4.00. The van der Waals surface area contributed by atoms with Gasteiger partial charge in [-0.15, -0.1) is 0 Å². The number of nitrogens with zero attached hydrogens (tertiary/aromatic N) is 3. The summed E-state index contributed by atoms with van der Waals surface area (Å²) in [5.41, 5.74) is 3.51. The standard InChI is InChI=1S/C22H24N4S/c1-16(2)25-14-8-12-19(25)21-20(18-11-6-7-13-23-18)24-22(27)26(21)15-17-9-4-3-5-10-17/h3-14,16,20-21H,15H2,1-2H3,(H,24,27). The summed E-state index contributed by atoms with van der Waals surface area (Å²) in [6.45, 7) is 5.19. The molecule has 0 saturated carbocycles. The summed E-state index contributed by atoms with van der Waals surface area (Å²) in [6, 6.07) is 21.4. The topological polar surface area (TPSA) is 33.1 Å². The minimum absolute atomic E-state index is 0.0230. The highest BCUT2D eigenvalue weighted by Gasteiger charge is 2.41. The molecule has 0 amide bonds. The molecule has 1 aliphatic rings. The minimum Gasteiger partial charge on any atom is -0.352 e. The predicted octanol–water partition coefficient (Wildman–Crippen LogP) is 4.64. The second-order valence-corrected chi connectivity index (χ2v) is 7.56. The van der Waals surface area contributed by atoms with E-state index in [4.69, 9.17) is 12.2 Å². The number of hydrogen-bond acceptors (Lipinski definition) is 2. The van der Waals surface area contributed by atoms with Gasteiger partial charge in [-0.05, 0) is 55.9 Å². The molecule has 4 rings (SSSR count).